The first-order valence-corrected chi connectivity index (χ1v) is 18.2. The third-order valence-corrected chi connectivity index (χ3v) is 13.0. The normalized spacial score (nSPS) is 11.8. The van der Waals surface area contributed by atoms with Crippen molar-refractivity contribution in [1.29, 1.82) is 0 Å². The highest BCUT2D eigenvalue weighted by atomic mass is 31.2. The number of aryl methyl sites for hydroxylation is 2. The molecule has 44 heavy (non-hydrogen) atoms. The van der Waals surface area contributed by atoms with Crippen LogP contribution in [-0.4, -0.2) is 41.0 Å². The lowest BCUT2D eigenvalue weighted by Crippen LogP contribution is -2.56. The molecule has 0 saturated carbocycles. The van der Waals surface area contributed by atoms with Gasteiger partial charge in [0.1, 0.15) is 23.2 Å². The largest absolute Gasteiger partial charge is 0.394 e. The van der Waals surface area contributed by atoms with E-state index in [0.717, 1.165) is 27.9 Å². The van der Waals surface area contributed by atoms with Crippen molar-refractivity contribution in [2.75, 3.05) is 19.4 Å². The van der Waals surface area contributed by atoms with E-state index in [0.29, 0.717) is 12.8 Å². The Morgan fingerprint density at radius 2 is 1.05 bits per heavy atom. The predicted molar refractivity (Wildman–Crippen MR) is 187 cm³/mol. The monoisotopic (exact) mass is 610 g/mol. The molecule has 4 aromatic carbocycles. The van der Waals surface area contributed by atoms with Crippen LogP contribution >= 0.6 is 7.26 Å². The fourth-order valence-corrected chi connectivity index (χ4v) is 10.0. The molecule has 4 aromatic rings. The molecule has 1 amide bonds. The van der Waals surface area contributed by atoms with Crippen LogP contribution in [0.4, 0.5) is 0 Å². The summed E-state index contributed by atoms with van der Waals surface area (Å²) in [6, 6.07) is 39.5. The van der Waals surface area contributed by atoms with E-state index in [-0.39, 0.29) is 25.3 Å². The van der Waals surface area contributed by atoms with Crippen LogP contribution in [0.2, 0.25) is 0 Å². The number of benzene rings is 4. The summed E-state index contributed by atoms with van der Waals surface area (Å²) in [5.41, 5.74) is 1.36. The van der Waals surface area contributed by atoms with Gasteiger partial charge in [-0.25, -0.2) is 0 Å². The fraction of sp³-hybridized carbons (Fsp3) is 0.359. The molecule has 3 N–H and O–H groups in total. The number of nitrogens with one attached hydrogen (secondary N) is 1. The number of aliphatic hydroxyl groups is 2. The van der Waals surface area contributed by atoms with Crippen molar-refractivity contribution in [3.05, 3.63) is 126 Å². The molecule has 0 aliphatic carbocycles. The van der Waals surface area contributed by atoms with E-state index in [4.69, 9.17) is 0 Å². The van der Waals surface area contributed by atoms with E-state index >= 15 is 0 Å². The van der Waals surface area contributed by atoms with Crippen molar-refractivity contribution in [1.82, 2.24) is 5.32 Å². The van der Waals surface area contributed by atoms with E-state index in [1.165, 1.54) is 44.1 Å². The van der Waals surface area contributed by atoms with Crippen LogP contribution in [0.5, 0.6) is 0 Å². The van der Waals surface area contributed by atoms with Gasteiger partial charge in [-0.2, -0.15) is 0 Å². The van der Waals surface area contributed by atoms with Crippen LogP contribution in [0.3, 0.4) is 0 Å². The second kappa shape index (κ2) is 17.3. The van der Waals surface area contributed by atoms with E-state index in [2.05, 4.69) is 72.9 Å². The van der Waals surface area contributed by atoms with Crippen LogP contribution < -0.4 is 21.2 Å². The van der Waals surface area contributed by atoms with Crippen molar-refractivity contribution >= 4 is 29.1 Å². The average Bonchev–Trinajstić information content (AvgIpc) is 3.09. The number of hydrogen-bond acceptors (Lipinski definition) is 3. The third-order valence-electron chi connectivity index (χ3n) is 8.72. The molecule has 0 radical (unpaired) electrons. The first-order chi connectivity index (χ1) is 21.5. The summed E-state index contributed by atoms with van der Waals surface area (Å²) in [7, 11) is -2.39. The van der Waals surface area contributed by atoms with E-state index in [1.807, 2.05) is 54.6 Å². The Hall–Kier alpha value is -3.30. The van der Waals surface area contributed by atoms with E-state index in [9.17, 15) is 15.0 Å². The van der Waals surface area contributed by atoms with Gasteiger partial charge < -0.3 is 15.5 Å². The SMILES string of the molecule is CCCCCCCCc1ccc(CCC(CO)(CO)NC(=O)C[P+](c2ccccc2)(c2ccccc2)c2ccccc2)cc1. The summed E-state index contributed by atoms with van der Waals surface area (Å²) >= 11 is 0. The van der Waals surface area contributed by atoms with Crippen molar-refractivity contribution < 1.29 is 15.0 Å². The second-order valence-corrected chi connectivity index (χ2v) is 15.4. The summed E-state index contributed by atoms with van der Waals surface area (Å²) in [4.78, 5) is 14.0. The number of rotatable bonds is 18. The molecule has 0 atom stereocenters. The van der Waals surface area contributed by atoms with Gasteiger partial charge in [0.05, 0.1) is 18.8 Å². The van der Waals surface area contributed by atoms with Crippen molar-refractivity contribution in [3.63, 3.8) is 0 Å². The lowest BCUT2D eigenvalue weighted by molar-refractivity contribution is -0.122. The minimum absolute atomic E-state index is 0.174. The molecule has 0 fully saturated rings. The van der Waals surface area contributed by atoms with Gasteiger partial charge in [-0.05, 0) is 73.2 Å². The minimum atomic E-state index is -2.39. The second-order valence-electron chi connectivity index (χ2n) is 12.0. The predicted octanol–water partition coefficient (Wildman–Crippen LogP) is 6.36. The molecule has 0 spiro atoms. The number of hydrogen-bond donors (Lipinski definition) is 3. The summed E-state index contributed by atoms with van der Waals surface area (Å²) in [6.07, 6.45) is 10.2. The zero-order valence-corrected chi connectivity index (χ0v) is 27.1. The fourth-order valence-electron chi connectivity index (χ4n) is 6.03. The number of carbonyl (C=O) groups excluding carboxylic acids is 1. The van der Waals surface area contributed by atoms with Gasteiger partial charge in [0.2, 0.25) is 0 Å². The number of amides is 1. The maximum absolute atomic E-state index is 14.0. The van der Waals surface area contributed by atoms with Gasteiger partial charge in [-0.3, -0.25) is 4.79 Å². The Labute approximate surface area is 264 Å². The molecule has 5 heteroatoms. The van der Waals surface area contributed by atoms with Gasteiger partial charge in [0, 0.05) is 0 Å². The van der Waals surface area contributed by atoms with Gasteiger partial charge in [-0.1, -0.05) is 118 Å². The minimum Gasteiger partial charge on any atom is -0.394 e. The third kappa shape index (κ3) is 8.88. The lowest BCUT2D eigenvalue weighted by Gasteiger charge is -2.33. The molecule has 0 saturated heterocycles. The zero-order valence-electron chi connectivity index (χ0n) is 26.2. The number of aliphatic hydroxyl groups excluding tert-OH is 2. The maximum atomic E-state index is 14.0. The summed E-state index contributed by atoms with van der Waals surface area (Å²) in [5, 5.41) is 27.5. The Kier molecular flexibility index (Phi) is 13.2. The zero-order chi connectivity index (χ0) is 31.1. The van der Waals surface area contributed by atoms with Crippen LogP contribution in [-0.2, 0) is 17.6 Å². The van der Waals surface area contributed by atoms with Gasteiger partial charge >= 0.3 is 0 Å². The van der Waals surface area contributed by atoms with Crippen molar-refractivity contribution in [2.45, 2.75) is 70.3 Å². The Morgan fingerprint density at radius 1 is 0.614 bits per heavy atom. The van der Waals surface area contributed by atoms with Gasteiger partial charge in [0.15, 0.2) is 6.16 Å². The lowest BCUT2D eigenvalue weighted by atomic mass is 9.92. The van der Waals surface area contributed by atoms with Crippen LogP contribution in [0.15, 0.2) is 115 Å². The first kappa shape index (κ1) is 33.6. The Balaban J connectivity index is 1.49. The highest BCUT2D eigenvalue weighted by molar-refractivity contribution is 7.96. The highest BCUT2D eigenvalue weighted by Crippen LogP contribution is 2.55. The molecule has 0 heterocycles. The maximum Gasteiger partial charge on any atom is 0.259 e. The highest BCUT2D eigenvalue weighted by Gasteiger charge is 2.48. The Morgan fingerprint density at radius 3 is 1.50 bits per heavy atom. The molecule has 0 aliphatic rings. The molecule has 0 aliphatic heterocycles. The van der Waals surface area contributed by atoms with Crippen LogP contribution in [0.25, 0.3) is 0 Å². The van der Waals surface area contributed by atoms with Gasteiger partial charge in [-0.15, -0.1) is 0 Å². The smallest absolute Gasteiger partial charge is 0.259 e. The standard InChI is InChI=1S/C39H48NO3P/c1-2-3-4-5-6-10-17-33-24-26-34(27-25-33)28-29-39(31-41,32-42)40-38(43)30-44(35-18-11-7-12-19-35,36-20-13-8-14-21-36)37-22-15-9-16-23-37/h7-9,11-16,18-27,41-42H,2-6,10,17,28-32H2,1H3/p+1. The molecular formula is C39H49NO3P+. The average molecular weight is 611 g/mol. The molecule has 4 nitrogen and oxygen atoms in total. The van der Waals surface area contributed by atoms with Gasteiger partial charge in [0.25, 0.3) is 5.91 Å². The van der Waals surface area contributed by atoms with Crippen LogP contribution in [0.1, 0.15) is 63.0 Å². The first-order valence-electron chi connectivity index (χ1n) is 16.2. The van der Waals surface area contributed by atoms with Crippen LogP contribution in [0, 0.1) is 0 Å². The topological polar surface area (TPSA) is 69.6 Å². The molecule has 232 valence electrons. The molecule has 4 rings (SSSR count). The van der Waals surface area contributed by atoms with E-state index in [1.54, 1.807) is 0 Å². The van der Waals surface area contributed by atoms with Crippen molar-refractivity contribution in [3.8, 4) is 0 Å². The molecular weight excluding hydrogens is 561 g/mol. The summed E-state index contributed by atoms with van der Waals surface area (Å²) in [5.74, 6) is -0.174. The number of carbonyl (C=O) groups is 1. The van der Waals surface area contributed by atoms with E-state index < -0.39 is 12.8 Å². The summed E-state index contributed by atoms with van der Waals surface area (Å²) < 4.78 is 0. The van der Waals surface area contributed by atoms with Crippen molar-refractivity contribution in [2.24, 2.45) is 0 Å². The number of unbranched alkanes of at least 4 members (excludes halogenated alkanes) is 5. The quantitative estimate of drug-likeness (QED) is 0.0908. The molecule has 0 aromatic heterocycles. The Bertz CT molecular complexity index is 1280. The summed E-state index contributed by atoms with van der Waals surface area (Å²) in [6.45, 7) is 1.58. The molecule has 0 bridgehead atoms. The molecule has 0 unspecified atom stereocenters.